The molecule has 1 aromatic carbocycles. The van der Waals surface area contributed by atoms with Crippen molar-refractivity contribution in [1.82, 2.24) is 15.1 Å². The Morgan fingerprint density at radius 1 is 1.29 bits per heavy atom. The number of ether oxygens (including phenoxy) is 1. The molecule has 1 heterocycles. The van der Waals surface area contributed by atoms with Crippen molar-refractivity contribution in [2.45, 2.75) is 32.4 Å². The summed E-state index contributed by atoms with van der Waals surface area (Å²) in [6.07, 6.45) is 4.67. The quantitative estimate of drug-likeness (QED) is 0.519. The molecule has 0 spiro atoms. The van der Waals surface area contributed by atoms with E-state index in [4.69, 9.17) is 39.5 Å². The molecule has 3 rings (SSSR count). The molecule has 6 nitrogen and oxygen atoms in total. The molecule has 0 aliphatic heterocycles. The summed E-state index contributed by atoms with van der Waals surface area (Å²) in [6.45, 7) is 1.75. The number of esters is 1. The minimum atomic E-state index is -0.636. The van der Waals surface area contributed by atoms with Crippen LogP contribution in [0, 0.1) is 6.92 Å². The molecule has 2 aromatic rings. The highest BCUT2D eigenvalue weighted by Gasteiger charge is 2.23. The van der Waals surface area contributed by atoms with E-state index in [2.05, 4.69) is 10.4 Å². The summed E-state index contributed by atoms with van der Waals surface area (Å²) in [5, 5.41) is 8.49. The molecule has 9 heteroatoms. The topological polar surface area (TPSA) is 73.2 Å². The highest BCUT2D eigenvalue weighted by molar-refractivity contribution is 6.36. The molecule has 0 atom stereocenters. The largest absolute Gasteiger partial charge is 0.452 e. The number of rotatable bonds is 7. The first-order valence-electron chi connectivity index (χ1n) is 8.65. The van der Waals surface area contributed by atoms with Crippen LogP contribution in [0.1, 0.15) is 29.7 Å². The summed E-state index contributed by atoms with van der Waals surface area (Å²) in [5.41, 5.74) is 1.90. The van der Waals surface area contributed by atoms with E-state index in [9.17, 15) is 9.59 Å². The second kappa shape index (κ2) is 8.99. The van der Waals surface area contributed by atoms with Gasteiger partial charge >= 0.3 is 5.97 Å². The van der Waals surface area contributed by atoms with Crippen LogP contribution in [0.3, 0.4) is 0 Å². The Hall–Kier alpha value is -2.02. The van der Waals surface area contributed by atoms with E-state index in [0.29, 0.717) is 32.0 Å². The third kappa shape index (κ3) is 5.28. The van der Waals surface area contributed by atoms with Gasteiger partial charge in [0.15, 0.2) is 6.61 Å². The van der Waals surface area contributed by atoms with E-state index in [1.807, 2.05) is 0 Å². The van der Waals surface area contributed by atoms with Gasteiger partial charge in [0, 0.05) is 33.3 Å². The van der Waals surface area contributed by atoms with Crippen LogP contribution in [0.5, 0.6) is 0 Å². The van der Waals surface area contributed by atoms with Gasteiger partial charge in [0.1, 0.15) is 5.15 Å². The number of amides is 1. The van der Waals surface area contributed by atoms with E-state index in [-0.39, 0.29) is 25.1 Å². The fourth-order valence-electron chi connectivity index (χ4n) is 2.53. The molecular weight excluding hydrogens is 425 g/mol. The van der Waals surface area contributed by atoms with Crippen molar-refractivity contribution < 1.29 is 14.3 Å². The molecule has 0 bridgehead atoms. The second-order valence-corrected chi connectivity index (χ2v) is 7.60. The van der Waals surface area contributed by atoms with Gasteiger partial charge in [-0.1, -0.05) is 40.9 Å². The lowest BCUT2D eigenvalue weighted by molar-refractivity contribution is -0.143. The fourth-order valence-corrected chi connectivity index (χ4v) is 3.34. The fraction of sp³-hybridized carbons (Fsp3) is 0.316. The Bertz CT molecular complexity index is 916. The van der Waals surface area contributed by atoms with E-state index >= 15 is 0 Å². The number of nitrogens with zero attached hydrogens (tertiary/aromatic N) is 2. The average Bonchev–Trinajstić information content (AvgIpc) is 3.41. The number of carbonyl (C=O) groups excluding carboxylic acids is 2. The molecule has 0 radical (unpaired) electrons. The zero-order chi connectivity index (χ0) is 20.3. The highest BCUT2D eigenvalue weighted by Crippen LogP contribution is 2.28. The Balaban J connectivity index is 1.65. The first-order valence-corrected chi connectivity index (χ1v) is 9.78. The van der Waals surface area contributed by atoms with Crippen LogP contribution >= 0.6 is 34.8 Å². The molecule has 1 aliphatic carbocycles. The van der Waals surface area contributed by atoms with Crippen molar-refractivity contribution in [3.63, 3.8) is 0 Å². The normalized spacial score (nSPS) is 13.7. The number of carbonyl (C=O) groups is 2. The molecule has 148 valence electrons. The van der Waals surface area contributed by atoms with Crippen LogP contribution in [-0.2, 0) is 20.9 Å². The summed E-state index contributed by atoms with van der Waals surface area (Å²) in [4.78, 5) is 23.4. The minimum Gasteiger partial charge on any atom is -0.452 e. The van der Waals surface area contributed by atoms with E-state index in [1.165, 1.54) is 12.2 Å². The van der Waals surface area contributed by atoms with Crippen molar-refractivity contribution in [3.8, 4) is 0 Å². The zero-order valence-corrected chi connectivity index (χ0v) is 17.3. The van der Waals surface area contributed by atoms with Gasteiger partial charge in [0.2, 0.25) is 0 Å². The molecule has 1 amide bonds. The minimum absolute atomic E-state index is 0.223. The Morgan fingerprint density at radius 3 is 2.61 bits per heavy atom. The number of aromatic nitrogens is 2. The Kier molecular flexibility index (Phi) is 6.65. The molecule has 1 saturated carbocycles. The number of nitrogens with one attached hydrogen (secondary N) is 1. The maximum absolute atomic E-state index is 11.8. The number of halogens is 3. The van der Waals surface area contributed by atoms with Crippen LogP contribution in [-0.4, -0.2) is 34.3 Å². The molecule has 1 aromatic heterocycles. The number of hydrogen-bond acceptors (Lipinski definition) is 4. The maximum Gasteiger partial charge on any atom is 0.331 e. The SMILES string of the molecule is Cc1nn(Cc2c(Cl)cccc2Cl)c(Cl)c1/C=C/C(=O)OCC(=O)NC1CC1. The third-order valence-electron chi connectivity index (χ3n) is 4.15. The van der Waals surface area contributed by atoms with E-state index in [0.717, 1.165) is 12.8 Å². The smallest absolute Gasteiger partial charge is 0.331 e. The summed E-state index contributed by atoms with van der Waals surface area (Å²) in [6, 6.07) is 5.46. The zero-order valence-electron chi connectivity index (χ0n) is 15.0. The first kappa shape index (κ1) is 20.7. The van der Waals surface area contributed by atoms with Gasteiger partial charge in [-0.2, -0.15) is 5.10 Å². The van der Waals surface area contributed by atoms with E-state index < -0.39 is 5.97 Å². The van der Waals surface area contributed by atoms with Gasteiger partial charge in [0.25, 0.3) is 5.91 Å². The lowest BCUT2D eigenvalue weighted by Gasteiger charge is -2.08. The van der Waals surface area contributed by atoms with Crippen molar-refractivity contribution in [3.05, 3.63) is 56.3 Å². The number of hydrogen-bond donors (Lipinski definition) is 1. The van der Waals surface area contributed by atoms with Crippen LogP contribution < -0.4 is 5.32 Å². The van der Waals surface area contributed by atoms with Gasteiger partial charge in [-0.25, -0.2) is 9.48 Å². The first-order chi connectivity index (χ1) is 13.3. The Morgan fingerprint density at radius 2 is 1.96 bits per heavy atom. The highest BCUT2D eigenvalue weighted by atomic mass is 35.5. The summed E-state index contributed by atoms with van der Waals surface area (Å²) < 4.78 is 6.48. The van der Waals surface area contributed by atoms with Gasteiger partial charge < -0.3 is 10.1 Å². The molecule has 0 saturated heterocycles. The maximum atomic E-state index is 11.8. The van der Waals surface area contributed by atoms with Gasteiger partial charge in [-0.05, 0) is 38.0 Å². The molecule has 1 aliphatic rings. The van der Waals surface area contributed by atoms with Crippen molar-refractivity contribution in [2.75, 3.05) is 6.61 Å². The van der Waals surface area contributed by atoms with E-state index in [1.54, 1.807) is 29.8 Å². The monoisotopic (exact) mass is 441 g/mol. The Labute approximate surface area is 177 Å². The second-order valence-electron chi connectivity index (χ2n) is 6.43. The lowest BCUT2D eigenvalue weighted by Crippen LogP contribution is -2.30. The molecule has 28 heavy (non-hydrogen) atoms. The molecule has 0 unspecified atom stereocenters. The lowest BCUT2D eigenvalue weighted by atomic mass is 10.2. The standard InChI is InChI=1S/C19H18Cl3N3O3/c1-11-13(7-8-18(27)28-10-17(26)23-12-5-6-12)19(22)25(24-11)9-14-15(20)3-2-4-16(14)21/h2-4,7-8,12H,5-6,9-10H2,1H3,(H,23,26)/b8-7+. The molecule has 1 N–H and O–H groups in total. The van der Waals surface area contributed by atoms with Crippen molar-refractivity contribution >= 4 is 52.8 Å². The predicted octanol–water partition coefficient (Wildman–Crippen LogP) is 4.04. The van der Waals surface area contributed by atoms with Crippen LogP contribution in [0.15, 0.2) is 24.3 Å². The average molecular weight is 443 g/mol. The van der Waals surface area contributed by atoms with Crippen molar-refractivity contribution in [2.24, 2.45) is 0 Å². The summed E-state index contributed by atoms with van der Waals surface area (Å²) in [7, 11) is 0. The summed E-state index contributed by atoms with van der Waals surface area (Å²) in [5.74, 6) is -0.939. The number of benzene rings is 1. The van der Waals surface area contributed by atoms with Gasteiger partial charge in [0.05, 0.1) is 12.2 Å². The molecule has 1 fully saturated rings. The summed E-state index contributed by atoms with van der Waals surface area (Å²) >= 11 is 18.8. The van der Waals surface area contributed by atoms with Crippen molar-refractivity contribution in [1.29, 1.82) is 0 Å². The third-order valence-corrected chi connectivity index (χ3v) is 5.26. The van der Waals surface area contributed by atoms with Crippen LogP contribution in [0.2, 0.25) is 15.2 Å². The van der Waals surface area contributed by atoms with Crippen LogP contribution in [0.4, 0.5) is 0 Å². The number of aryl methyl sites for hydroxylation is 1. The van der Waals surface area contributed by atoms with Gasteiger partial charge in [-0.15, -0.1) is 0 Å². The predicted molar refractivity (Wildman–Crippen MR) is 109 cm³/mol. The van der Waals surface area contributed by atoms with Gasteiger partial charge in [-0.3, -0.25) is 4.79 Å². The van der Waals surface area contributed by atoms with Crippen LogP contribution in [0.25, 0.3) is 6.08 Å². The molecular formula is C19H18Cl3N3O3.